The van der Waals surface area contributed by atoms with Crippen molar-refractivity contribution in [1.29, 1.82) is 0 Å². The van der Waals surface area contributed by atoms with Crippen LogP contribution in [-0.2, 0) is 28.6 Å². The van der Waals surface area contributed by atoms with E-state index in [9.17, 15) is 14.4 Å². The van der Waals surface area contributed by atoms with E-state index in [2.05, 4.69) is 41.5 Å². The minimum Gasteiger partial charge on any atom is -0.462 e. The lowest BCUT2D eigenvalue weighted by Gasteiger charge is -2.18. The van der Waals surface area contributed by atoms with E-state index >= 15 is 0 Å². The summed E-state index contributed by atoms with van der Waals surface area (Å²) in [5.74, 6) is 1.54. The van der Waals surface area contributed by atoms with Gasteiger partial charge in [-0.3, -0.25) is 14.4 Å². The van der Waals surface area contributed by atoms with Crippen molar-refractivity contribution in [2.24, 2.45) is 17.8 Å². The highest BCUT2D eigenvalue weighted by molar-refractivity contribution is 5.71. The SMILES string of the molecule is CC(C)CCCCCCCCCCCCCC(=O)O[C@H](COC(=O)CCCCCCCCCCCCC(C)C)COC(=O)CCCCCCCCC(C)C. The number of unbranched alkanes of at least 4 members (excludes halogenated alkanes) is 24. The van der Waals surface area contributed by atoms with Crippen LogP contribution in [0.25, 0.3) is 0 Å². The van der Waals surface area contributed by atoms with Gasteiger partial charge in [-0.1, -0.05) is 215 Å². The highest BCUT2D eigenvalue weighted by Gasteiger charge is 2.19. The number of hydrogen-bond acceptors (Lipinski definition) is 6. The summed E-state index contributed by atoms with van der Waals surface area (Å²) in [5, 5.41) is 0. The second kappa shape index (κ2) is 39.6. The largest absolute Gasteiger partial charge is 0.462 e. The van der Waals surface area contributed by atoms with Crippen LogP contribution in [0.15, 0.2) is 0 Å². The van der Waals surface area contributed by atoms with Crippen LogP contribution < -0.4 is 0 Å². The van der Waals surface area contributed by atoms with Gasteiger partial charge in [0.1, 0.15) is 13.2 Å². The molecule has 0 radical (unpaired) electrons. The maximum Gasteiger partial charge on any atom is 0.306 e. The van der Waals surface area contributed by atoms with Crippen molar-refractivity contribution in [3.05, 3.63) is 0 Å². The molecule has 0 heterocycles. The zero-order valence-corrected chi connectivity index (χ0v) is 37.0. The molecule has 0 saturated heterocycles. The monoisotopic (exact) mass is 765 g/mol. The van der Waals surface area contributed by atoms with Gasteiger partial charge in [0.25, 0.3) is 0 Å². The van der Waals surface area contributed by atoms with Gasteiger partial charge in [-0.05, 0) is 37.0 Å². The molecule has 0 saturated carbocycles. The van der Waals surface area contributed by atoms with Gasteiger partial charge in [-0.15, -0.1) is 0 Å². The molecule has 0 amide bonds. The van der Waals surface area contributed by atoms with Crippen LogP contribution in [0, 0.1) is 17.8 Å². The molecule has 0 aliphatic rings. The Morgan fingerprint density at radius 3 is 0.796 bits per heavy atom. The number of esters is 3. The van der Waals surface area contributed by atoms with Gasteiger partial charge in [0.05, 0.1) is 0 Å². The van der Waals surface area contributed by atoms with Crippen molar-refractivity contribution < 1.29 is 28.6 Å². The first kappa shape index (κ1) is 52.4. The fourth-order valence-corrected chi connectivity index (χ4v) is 7.06. The van der Waals surface area contributed by atoms with Gasteiger partial charge in [0, 0.05) is 19.3 Å². The van der Waals surface area contributed by atoms with Crippen molar-refractivity contribution >= 4 is 17.9 Å². The van der Waals surface area contributed by atoms with Gasteiger partial charge in [0.15, 0.2) is 6.10 Å². The zero-order chi connectivity index (χ0) is 39.9. The van der Waals surface area contributed by atoms with Crippen molar-refractivity contribution in [2.75, 3.05) is 13.2 Å². The van der Waals surface area contributed by atoms with E-state index in [1.54, 1.807) is 0 Å². The van der Waals surface area contributed by atoms with Crippen LogP contribution in [0.1, 0.15) is 253 Å². The normalized spacial score (nSPS) is 12.2. The van der Waals surface area contributed by atoms with Crippen LogP contribution in [0.5, 0.6) is 0 Å². The van der Waals surface area contributed by atoms with Crippen molar-refractivity contribution in [1.82, 2.24) is 0 Å². The summed E-state index contributed by atoms with van der Waals surface area (Å²) in [6.45, 7) is 13.6. The molecule has 0 aliphatic heterocycles. The summed E-state index contributed by atoms with van der Waals surface area (Å²) in [5.41, 5.74) is 0. The molecular weight excluding hydrogens is 673 g/mol. The maximum atomic E-state index is 12.7. The molecule has 0 aliphatic carbocycles. The first-order chi connectivity index (χ1) is 26.1. The molecule has 0 spiro atoms. The first-order valence-electron chi connectivity index (χ1n) is 23.6. The molecule has 0 N–H and O–H groups in total. The molecule has 0 rings (SSSR count). The summed E-state index contributed by atoms with van der Waals surface area (Å²) in [6, 6.07) is 0. The minimum absolute atomic E-state index is 0.0663. The summed E-state index contributed by atoms with van der Waals surface area (Å²) in [6.07, 6.45) is 36.7. The molecule has 0 fully saturated rings. The number of carbonyl (C=O) groups excluding carboxylic acids is 3. The summed E-state index contributed by atoms with van der Waals surface area (Å²) in [7, 11) is 0. The predicted octanol–water partition coefficient (Wildman–Crippen LogP) is 14.8. The van der Waals surface area contributed by atoms with E-state index in [1.807, 2.05) is 0 Å². The molecule has 320 valence electrons. The van der Waals surface area contributed by atoms with E-state index in [1.165, 1.54) is 135 Å². The lowest BCUT2D eigenvalue weighted by atomic mass is 10.0. The number of hydrogen-bond donors (Lipinski definition) is 0. The number of rotatable bonds is 41. The highest BCUT2D eigenvalue weighted by atomic mass is 16.6. The third kappa shape index (κ3) is 41.6. The molecule has 54 heavy (non-hydrogen) atoms. The fourth-order valence-electron chi connectivity index (χ4n) is 7.06. The lowest BCUT2D eigenvalue weighted by molar-refractivity contribution is -0.167. The Bertz CT molecular complexity index is 837. The Morgan fingerprint density at radius 2 is 0.537 bits per heavy atom. The van der Waals surface area contributed by atoms with Crippen LogP contribution in [0.3, 0.4) is 0 Å². The molecule has 0 aromatic rings. The molecule has 6 heteroatoms. The third-order valence-electron chi connectivity index (χ3n) is 10.6. The Hall–Kier alpha value is -1.59. The Labute approximate surface area is 336 Å². The number of carbonyl (C=O) groups is 3. The third-order valence-corrected chi connectivity index (χ3v) is 10.6. The first-order valence-corrected chi connectivity index (χ1v) is 23.6. The van der Waals surface area contributed by atoms with E-state index in [4.69, 9.17) is 14.2 Å². The standard InChI is InChI=1S/C48H92O6/c1-42(2)34-28-22-16-12-8-7-9-15-19-27-33-39-48(51)54-45(41-53-47(50)38-32-26-21-20-24-30-36-44(5)6)40-52-46(49)37-31-25-18-14-11-10-13-17-23-29-35-43(3)4/h42-45H,7-41H2,1-6H3/t45-/m1/s1. The second-order valence-corrected chi connectivity index (χ2v) is 17.8. The quantitative estimate of drug-likeness (QED) is 0.0350. The Morgan fingerprint density at radius 1 is 0.315 bits per heavy atom. The van der Waals surface area contributed by atoms with Crippen molar-refractivity contribution in [2.45, 2.75) is 260 Å². The van der Waals surface area contributed by atoms with E-state index < -0.39 is 6.10 Å². The molecular formula is C48H92O6. The molecule has 0 aromatic heterocycles. The summed E-state index contributed by atoms with van der Waals surface area (Å²) < 4.78 is 16.7. The molecule has 6 nitrogen and oxygen atoms in total. The molecule has 0 unspecified atom stereocenters. The van der Waals surface area contributed by atoms with Gasteiger partial charge < -0.3 is 14.2 Å². The number of ether oxygens (including phenoxy) is 3. The topological polar surface area (TPSA) is 78.9 Å². The van der Waals surface area contributed by atoms with Gasteiger partial charge >= 0.3 is 17.9 Å². The summed E-state index contributed by atoms with van der Waals surface area (Å²) >= 11 is 0. The van der Waals surface area contributed by atoms with Gasteiger partial charge in [-0.25, -0.2) is 0 Å². The van der Waals surface area contributed by atoms with Crippen LogP contribution in [-0.4, -0.2) is 37.2 Å². The second-order valence-electron chi connectivity index (χ2n) is 17.8. The van der Waals surface area contributed by atoms with E-state index in [-0.39, 0.29) is 31.1 Å². The average Bonchev–Trinajstić information content (AvgIpc) is 3.12. The van der Waals surface area contributed by atoms with Crippen molar-refractivity contribution in [3.63, 3.8) is 0 Å². The van der Waals surface area contributed by atoms with Crippen LogP contribution >= 0.6 is 0 Å². The van der Waals surface area contributed by atoms with E-state index in [0.29, 0.717) is 19.3 Å². The molecule has 0 aromatic carbocycles. The molecule has 1 atom stereocenters. The minimum atomic E-state index is -0.762. The summed E-state index contributed by atoms with van der Waals surface area (Å²) in [4.78, 5) is 37.7. The average molecular weight is 765 g/mol. The Balaban J connectivity index is 4.32. The predicted molar refractivity (Wildman–Crippen MR) is 229 cm³/mol. The zero-order valence-electron chi connectivity index (χ0n) is 37.0. The van der Waals surface area contributed by atoms with Crippen LogP contribution in [0.2, 0.25) is 0 Å². The van der Waals surface area contributed by atoms with E-state index in [0.717, 1.165) is 75.5 Å². The highest BCUT2D eigenvalue weighted by Crippen LogP contribution is 2.17. The van der Waals surface area contributed by atoms with Crippen molar-refractivity contribution in [3.8, 4) is 0 Å². The molecule has 0 bridgehead atoms. The Kier molecular flexibility index (Phi) is 38.5. The van der Waals surface area contributed by atoms with Gasteiger partial charge in [0.2, 0.25) is 0 Å². The van der Waals surface area contributed by atoms with Gasteiger partial charge in [-0.2, -0.15) is 0 Å². The smallest absolute Gasteiger partial charge is 0.306 e. The maximum absolute atomic E-state index is 12.7. The lowest BCUT2D eigenvalue weighted by Crippen LogP contribution is -2.30. The fraction of sp³-hybridized carbons (Fsp3) is 0.938. The van der Waals surface area contributed by atoms with Crippen LogP contribution in [0.4, 0.5) is 0 Å².